The highest BCUT2D eigenvalue weighted by Crippen LogP contribution is 2.36. The summed E-state index contributed by atoms with van der Waals surface area (Å²) >= 11 is 0. The molecule has 1 aliphatic rings. The van der Waals surface area contributed by atoms with E-state index >= 15 is 0 Å². The van der Waals surface area contributed by atoms with E-state index in [1.54, 1.807) is 13.2 Å². The number of hydrogen-bond donors (Lipinski definition) is 1. The highest BCUT2D eigenvalue weighted by molar-refractivity contribution is 5.40. The summed E-state index contributed by atoms with van der Waals surface area (Å²) in [4.78, 5) is 2.10. The first-order valence-corrected chi connectivity index (χ1v) is 5.97. The predicted octanol–water partition coefficient (Wildman–Crippen LogP) is 0.950. The molecule has 1 heterocycles. The summed E-state index contributed by atoms with van der Waals surface area (Å²) in [5.74, 6) is 0.344. The molecule has 1 aromatic rings. The maximum absolute atomic E-state index is 13.5. The van der Waals surface area contributed by atoms with Crippen molar-refractivity contribution in [3.05, 3.63) is 29.6 Å². The van der Waals surface area contributed by atoms with Crippen molar-refractivity contribution in [2.75, 3.05) is 40.5 Å². The van der Waals surface area contributed by atoms with Crippen LogP contribution in [0.2, 0.25) is 0 Å². The molecule has 4 nitrogen and oxygen atoms in total. The molecule has 5 heteroatoms. The summed E-state index contributed by atoms with van der Waals surface area (Å²) in [5.41, 5.74) is 6.16. The van der Waals surface area contributed by atoms with Gasteiger partial charge in [-0.2, -0.15) is 0 Å². The van der Waals surface area contributed by atoms with Crippen LogP contribution in [0.4, 0.5) is 4.39 Å². The minimum atomic E-state index is -0.522. The Balaban J connectivity index is 2.51. The first-order valence-electron chi connectivity index (χ1n) is 5.97. The highest BCUT2D eigenvalue weighted by Gasteiger charge is 2.40. The lowest BCUT2D eigenvalue weighted by Crippen LogP contribution is -2.57. The number of morpholine rings is 1. The van der Waals surface area contributed by atoms with Gasteiger partial charge in [-0.25, -0.2) is 4.39 Å². The summed E-state index contributed by atoms with van der Waals surface area (Å²) in [5, 5.41) is 0. The second-order valence-corrected chi connectivity index (χ2v) is 4.55. The zero-order valence-electron chi connectivity index (χ0n) is 10.8. The lowest BCUT2D eigenvalue weighted by atomic mass is 9.87. The average molecular weight is 254 g/mol. The van der Waals surface area contributed by atoms with Gasteiger partial charge >= 0.3 is 0 Å². The monoisotopic (exact) mass is 254 g/mol. The fourth-order valence-corrected chi connectivity index (χ4v) is 2.42. The zero-order chi connectivity index (χ0) is 13.2. The third-order valence-corrected chi connectivity index (χ3v) is 3.64. The molecule has 1 aromatic carbocycles. The normalized spacial score (nSPS) is 25.1. The maximum atomic E-state index is 13.5. The third-order valence-electron chi connectivity index (χ3n) is 3.64. The van der Waals surface area contributed by atoms with Crippen LogP contribution in [0, 0.1) is 5.82 Å². The Labute approximate surface area is 106 Å². The van der Waals surface area contributed by atoms with Crippen LogP contribution in [0.25, 0.3) is 0 Å². The molecule has 0 saturated carbocycles. The van der Waals surface area contributed by atoms with Crippen molar-refractivity contribution in [2.45, 2.75) is 5.54 Å². The molecule has 0 aliphatic carbocycles. The van der Waals surface area contributed by atoms with Gasteiger partial charge in [-0.3, -0.25) is 4.90 Å². The molecule has 1 atom stereocenters. The van der Waals surface area contributed by atoms with E-state index in [-0.39, 0.29) is 5.82 Å². The molecule has 2 N–H and O–H groups in total. The van der Waals surface area contributed by atoms with Crippen LogP contribution >= 0.6 is 0 Å². The Morgan fingerprint density at radius 2 is 2.33 bits per heavy atom. The van der Waals surface area contributed by atoms with Gasteiger partial charge < -0.3 is 15.2 Å². The molecule has 100 valence electrons. The van der Waals surface area contributed by atoms with E-state index in [4.69, 9.17) is 15.2 Å². The van der Waals surface area contributed by atoms with Crippen molar-refractivity contribution < 1.29 is 13.9 Å². The van der Waals surface area contributed by atoms with Crippen molar-refractivity contribution in [3.63, 3.8) is 0 Å². The number of benzene rings is 1. The molecule has 2 rings (SSSR count). The number of nitrogens with zero attached hydrogens (tertiary/aromatic N) is 1. The van der Waals surface area contributed by atoms with Crippen molar-refractivity contribution in [1.29, 1.82) is 0 Å². The van der Waals surface area contributed by atoms with Crippen molar-refractivity contribution in [1.82, 2.24) is 4.90 Å². The summed E-state index contributed by atoms with van der Waals surface area (Å²) < 4.78 is 24.4. The van der Waals surface area contributed by atoms with Crippen LogP contribution in [-0.4, -0.2) is 45.4 Å². The van der Waals surface area contributed by atoms with Crippen molar-refractivity contribution in [2.24, 2.45) is 5.73 Å². The Morgan fingerprint density at radius 1 is 1.56 bits per heavy atom. The number of halogens is 1. The lowest BCUT2D eigenvalue weighted by Gasteiger charge is -2.45. The number of rotatable bonds is 3. The van der Waals surface area contributed by atoms with E-state index < -0.39 is 5.54 Å². The number of methoxy groups -OCH3 is 1. The Bertz CT molecular complexity index is 427. The smallest absolute Gasteiger partial charge is 0.124 e. The van der Waals surface area contributed by atoms with Crippen LogP contribution in [0.3, 0.4) is 0 Å². The summed E-state index contributed by atoms with van der Waals surface area (Å²) in [7, 11) is 3.55. The van der Waals surface area contributed by atoms with Gasteiger partial charge in [0.15, 0.2) is 0 Å². The van der Waals surface area contributed by atoms with Gasteiger partial charge in [-0.1, -0.05) is 0 Å². The topological polar surface area (TPSA) is 47.7 Å². The summed E-state index contributed by atoms with van der Waals surface area (Å²) in [6.45, 7) is 2.22. The van der Waals surface area contributed by atoms with E-state index in [1.807, 2.05) is 7.05 Å². The van der Waals surface area contributed by atoms with Gasteiger partial charge in [0.1, 0.15) is 11.6 Å². The molecule has 18 heavy (non-hydrogen) atoms. The molecule has 0 spiro atoms. The molecule has 1 saturated heterocycles. The average Bonchev–Trinajstić information content (AvgIpc) is 2.39. The fourth-order valence-electron chi connectivity index (χ4n) is 2.42. The first kappa shape index (κ1) is 13.3. The minimum Gasteiger partial charge on any atom is -0.496 e. The largest absolute Gasteiger partial charge is 0.496 e. The first-order chi connectivity index (χ1) is 8.64. The van der Waals surface area contributed by atoms with Gasteiger partial charge in [0.2, 0.25) is 0 Å². The van der Waals surface area contributed by atoms with E-state index in [0.29, 0.717) is 25.5 Å². The van der Waals surface area contributed by atoms with Crippen molar-refractivity contribution in [3.8, 4) is 5.75 Å². The van der Waals surface area contributed by atoms with Crippen LogP contribution in [-0.2, 0) is 10.3 Å². The molecule has 0 aromatic heterocycles. The molecule has 0 radical (unpaired) electrons. The van der Waals surface area contributed by atoms with Crippen molar-refractivity contribution >= 4 is 0 Å². The summed E-state index contributed by atoms with van der Waals surface area (Å²) in [6.07, 6.45) is 0. The second-order valence-electron chi connectivity index (χ2n) is 4.55. The third kappa shape index (κ3) is 2.09. The van der Waals surface area contributed by atoms with Gasteiger partial charge in [-0.05, 0) is 25.2 Å². The predicted molar refractivity (Wildman–Crippen MR) is 67.1 cm³/mol. The molecule has 0 amide bonds. The van der Waals surface area contributed by atoms with E-state index in [1.165, 1.54) is 12.1 Å². The van der Waals surface area contributed by atoms with Crippen LogP contribution in [0.15, 0.2) is 18.2 Å². The number of hydrogen-bond acceptors (Lipinski definition) is 4. The standard InChI is InChI=1S/C13H19FN2O2/c1-16-5-6-18-9-13(16,8-15)11-7-10(14)3-4-12(11)17-2/h3-4,7H,5-6,8-9,15H2,1-2H3. The van der Waals surface area contributed by atoms with Crippen LogP contribution in [0.5, 0.6) is 5.75 Å². The fraction of sp³-hybridized carbons (Fsp3) is 0.538. The minimum absolute atomic E-state index is 0.294. The van der Waals surface area contributed by atoms with Crippen LogP contribution in [0.1, 0.15) is 5.56 Å². The molecule has 1 fully saturated rings. The summed E-state index contributed by atoms with van der Waals surface area (Å²) in [6, 6.07) is 4.50. The molecular weight excluding hydrogens is 235 g/mol. The molecule has 1 aliphatic heterocycles. The Kier molecular flexibility index (Phi) is 3.85. The number of likely N-dealkylation sites (N-methyl/N-ethyl adjacent to an activating group) is 1. The SMILES string of the molecule is COc1ccc(F)cc1C1(CN)COCCN1C. The van der Waals surface area contributed by atoms with Crippen LogP contribution < -0.4 is 10.5 Å². The van der Waals surface area contributed by atoms with E-state index in [9.17, 15) is 4.39 Å². The number of ether oxygens (including phenoxy) is 2. The zero-order valence-corrected chi connectivity index (χ0v) is 10.8. The van der Waals surface area contributed by atoms with Gasteiger partial charge in [0.25, 0.3) is 0 Å². The van der Waals surface area contributed by atoms with E-state index in [2.05, 4.69) is 4.90 Å². The van der Waals surface area contributed by atoms with Gasteiger partial charge in [-0.15, -0.1) is 0 Å². The van der Waals surface area contributed by atoms with Gasteiger partial charge in [0.05, 0.1) is 25.9 Å². The highest BCUT2D eigenvalue weighted by atomic mass is 19.1. The molecule has 1 unspecified atom stereocenters. The second kappa shape index (κ2) is 5.22. The quantitative estimate of drug-likeness (QED) is 0.872. The molecule has 0 bridgehead atoms. The van der Waals surface area contributed by atoms with E-state index in [0.717, 1.165) is 12.1 Å². The lowest BCUT2D eigenvalue weighted by molar-refractivity contribution is -0.0559. The molecular formula is C13H19FN2O2. The maximum Gasteiger partial charge on any atom is 0.124 e. The van der Waals surface area contributed by atoms with Gasteiger partial charge in [0, 0.05) is 18.7 Å². The Morgan fingerprint density at radius 3 is 2.94 bits per heavy atom. The number of nitrogens with two attached hydrogens (primary N) is 1. The Hall–Kier alpha value is -1.17.